The van der Waals surface area contributed by atoms with Crippen LogP contribution in [0.25, 0.3) is 0 Å². The van der Waals surface area contributed by atoms with Crippen molar-refractivity contribution >= 4 is 34.9 Å². The molecule has 1 nitrogen and oxygen atoms in total. The fourth-order valence-corrected chi connectivity index (χ4v) is 7.93. The van der Waals surface area contributed by atoms with E-state index in [2.05, 4.69) is 53.0 Å². The van der Waals surface area contributed by atoms with Gasteiger partial charge in [-0.3, -0.25) is 0 Å². The minimum atomic E-state index is 0.366. The number of likely N-dealkylation sites (tertiary alicyclic amines) is 1. The van der Waals surface area contributed by atoms with E-state index >= 15 is 0 Å². The second-order valence-corrected chi connectivity index (χ2v) is 9.94. The van der Waals surface area contributed by atoms with Crippen LogP contribution in [0.4, 0.5) is 0 Å². The Labute approximate surface area is 135 Å². The summed E-state index contributed by atoms with van der Waals surface area (Å²) in [6, 6.07) is 5.41. The third-order valence-electron chi connectivity index (χ3n) is 4.58. The Morgan fingerprint density at radius 3 is 2.80 bits per heavy atom. The standard InChI is InChI=1S/C16H25NS3/c1-17-10-3-2-6-14(17)8-9-16(15-7-4-11-18-15)19-12-5-13-20-16/h4,7,11,14H,2-3,5-6,8-10,12-13H2,1H3. The lowest BCUT2D eigenvalue weighted by Gasteiger charge is -2.39. The first-order valence-electron chi connectivity index (χ1n) is 7.82. The average Bonchev–Trinajstić information content (AvgIpc) is 3.02. The maximum Gasteiger partial charge on any atom is 0.0952 e. The molecule has 2 saturated heterocycles. The molecule has 0 saturated carbocycles. The molecule has 0 aliphatic carbocycles. The van der Waals surface area contributed by atoms with E-state index in [1.807, 2.05) is 11.3 Å². The van der Waals surface area contributed by atoms with Crippen molar-refractivity contribution in [2.75, 3.05) is 25.1 Å². The van der Waals surface area contributed by atoms with E-state index in [1.165, 1.54) is 56.6 Å². The van der Waals surface area contributed by atoms with Gasteiger partial charge in [-0.05, 0) is 68.6 Å². The molecule has 0 bridgehead atoms. The molecule has 2 aliphatic rings. The summed E-state index contributed by atoms with van der Waals surface area (Å²) < 4.78 is 0.366. The molecular weight excluding hydrogens is 302 g/mol. The molecule has 4 heteroatoms. The molecule has 0 spiro atoms. The number of piperidine rings is 1. The van der Waals surface area contributed by atoms with Crippen LogP contribution < -0.4 is 0 Å². The minimum Gasteiger partial charge on any atom is -0.303 e. The lowest BCUT2D eigenvalue weighted by atomic mass is 9.97. The summed E-state index contributed by atoms with van der Waals surface area (Å²) in [7, 11) is 2.32. The highest BCUT2D eigenvalue weighted by atomic mass is 32.2. The fourth-order valence-electron chi connectivity index (χ4n) is 3.35. The van der Waals surface area contributed by atoms with Crippen molar-refractivity contribution in [3.8, 4) is 0 Å². The van der Waals surface area contributed by atoms with Gasteiger partial charge >= 0.3 is 0 Å². The van der Waals surface area contributed by atoms with Gasteiger partial charge in [0.25, 0.3) is 0 Å². The molecule has 112 valence electrons. The van der Waals surface area contributed by atoms with Gasteiger partial charge in [0.1, 0.15) is 0 Å². The molecular formula is C16H25NS3. The summed E-state index contributed by atoms with van der Waals surface area (Å²) >= 11 is 6.39. The van der Waals surface area contributed by atoms with Crippen molar-refractivity contribution in [2.45, 2.75) is 48.6 Å². The lowest BCUT2D eigenvalue weighted by Crippen LogP contribution is -2.37. The fraction of sp³-hybridized carbons (Fsp3) is 0.750. The van der Waals surface area contributed by atoms with Gasteiger partial charge in [-0.2, -0.15) is 0 Å². The van der Waals surface area contributed by atoms with Crippen LogP contribution in [-0.4, -0.2) is 36.0 Å². The van der Waals surface area contributed by atoms with Crippen molar-refractivity contribution in [1.29, 1.82) is 0 Å². The molecule has 1 aromatic rings. The van der Waals surface area contributed by atoms with E-state index in [0.717, 1.165) is 6.04 Å². The Hall–Kier alpha value is 0.360. The van der Waals surface area contributed by atoms with E-state index < -0.39 is 0 Å². The first-order valence-corrected chi connectivity index (χ1v) is 10.7. The van der Waals surface area contributed by atoms with Crippen LogP contribution in [0.2, 0.25) is 0 Å². The first-order chi connectivity index (χ1) is 9.80. The molecule has 0 amide bonds. The summed E-state index contributed by atoms with van der Waals surface area (Å²) in [5, 5.41) is 2.25. The Balaban J connectivity index is 1.67. The zero-order valence-corrected chi connectivity index (χ0v) is 14.8. The van der Waals surface area contributed by atoms with Crippen molar-refractivity contribution < 1.29 is 0 Å². The smallest absolute Gasteiger partial charge is 0.0952 e. The van der Waals surface area contributed by atoms with E-state index in [4.69, 9.17) is 0 Å². The summed E-state index contributed by atoms with van der Waals surface area (Å²) in [4.78, 5) is 4.20. The number of hydrogen-bond acceptors (Lipinski definition) is 4. The van der Waals surface area contributed by atoms with E-state index in [0.29, 0.717) is 4.08 Å². The van der Waals surface area contributed by atoms with Crippen molar-refractivity contribution in [3.05, 3.63) is 22.4 Å². The minimum absolute atomic E-state index is 0.366. The molecule has 2 fully saturated rings. The lowest BCUT2D eigenvalue weighted by molar-refractivity contribution is 0.173. The Kier molecular flexibility index (Phi) is 5.40. The number of rotatable bonds is 4. The number of thioether (sulfide) groups is 2. The SMILES string of the molecule is CN1CCCCC1CCC1(c2cccs2)SCCCS1. The van der Waals surface area contributed by atoms with Gasteiger partial charge in [0.2, 0.25) is 0 Å². The van der Waals surface area contributed by atoms with Crippen LogP contribution in [0.3, 0.4) is 0 Å². The zero-order valence-electron chi connectivity index (χ0n) is 12.3. The average molecular weight is 328 g/mol. The summed E-state index contributed by atoms with van der Waals surface area (Å²) in [6.45, 7) is 1.30. The summed E-state index contributed by atoms with van der Waals surface area (Å²) in [5.74, 6) is 2.68. The molecule has 1 atom stereocenters. The van der Waals surface area contributed by atoms with E-state index in [-0.39, 0.29) is 0 Å². The Bertz CT molecular complexity index is 398. The molecule has 1 aromatic heterocycles. The van der Waals surface area contributed by atoms with Gasteiger partial charge in [0, 0.05) is 10.9 Å². The molecule has 0 aromatic carbocycles. The second-order valence-electron chi connectivity index (χ2n) is 5.95. The molecule has 20 heavy (non-hydrogen) atoms. The van der Waals surface area contributed by atoms with Crippen LogP contribution in [-0.2, 0) is 4.08 Å². The maximum atomic E-state index is 2.60. The van der Waals surface area contributed by atoms with Crippen LogP contribution in [0.5, 0.6) is 0 Å². The van der Waals surface area contributed by atoms with Crippen LogP contribution in [0.15, 0.2) is 17.5 Å². The Morgan fingerprint density at radius 2 is 2.10 bits per heavy atom. The van der Waals surface area contributed by atoms with Crippen LogP contribution in [0.1, 0.15) is 43.4 Å². The number of thiophene rings is 1. The van der Waals surface area contributed by atoms with Gasteiger partial charge in [-0.25, -0.2) is 0 Å². The molecule has 3 rings (SSSR count). The number of nitrogens with zero attached hydrogens (tertiary/aromatic N) is 1. The van der Waals surface area contributed by atoms with Crippen LogP contribution in [0, 0.1) is 0 Å². The van der Waals surface area contributed by atoms with Gasteiger partial charge in [-0.1, -0.05) is 12.5 Å². The van der Waals surface area contributed by atoms with E-state index in [1.54, 1.807) is 4.88 Å². The quantitative estimate of drug-likeness (QED) is 0.763. The molecule has 3 heterocycles. The second kappa shape index (κ2) is 7.08. The maximum absolute atomic E-state index is 2.60. The van der Waals surface area contributed by atoms with E-state index in [9.17, 15) is 0 Å². The van der Waals surface area contributed by atoms with Gasteiger partial charge in [0.15, 0.2) is 0 Å². The Morgan fingerprint density at radius 1 is 1.25 bits per heavy atom. The van der Waals surface area contributed by atoms with Crippen molar-refractivity contribution in [1.82, 2.24) is 4.90 Å². The third kappa shape index (κ3) is 3.40. The van der Waals surface area contributed by atoms with Crippen LogP contribution >= 0.6 is 34.9 Å². The molecule has 2 aliphatic heterocycles. The van der Waals surface area contributed by atoms with Gasteiger partial charge in [0.05, 0.1) is 4.08 Å². The van der Waals surface area contributed by atoms with Crippen molar-refractivity contribution in [2.24, 2.45) is 0 Å². The predicted octanol–water partition coefficient (Wildman–Crippen LogP) is 5.04. The predicted molar refractivity (Wildman–Crippen MR) is 95.0 cm³/mol. The molecule has 0 N–H and O–H groups in total. The summed E-state index contributed by atoms with van der Waals surface area (Å²) in [6.07, 6.45) is 8.33. The van der Waals surface area contributed by atoms with Gasteiger partial charge in [-0.15, -0.1) is 34.9 Å². The highest BCUT2D eigenvalue weighted by Crippen LogP contribution is 2.55. The molecule has 0 radical (unpaired) electrons. The number of hydrogen-bond donors (Lipinski definition) is 0. The third-order valence-corrected chi connectivity index (χ3v) is 9.35. The largest absolute Gasteiger partial charge is 0.303 e. The topological polar surface area (TPSA) is 3.24 Å². The zero-order chi connectivity index (χ0) is 13.8. The monoisotopic (exact) mass is 327 g/mol. The normalized spacial score (nSPS) is 27.6. The highest BCUT2D eigenvalue weighted by Gasteiger charge is 2.37. The highest BCUT2D eigenvalue weighted by molar-refractivity contribution is 8.18. The van der Waals surface area contributed by atoms with Gasteiger partial charge < -0.3 is 4.90 Å². The summed E-state index contributed by atoms with van der Waals surface area (Å²) in [5.41, 5.74) is 0. The van der Waals surface area contributed by atoms with Crippen molar-refractivity contribution in [3.63, 3.8) is 0 Å². The molecule has 1 unspecified atom stereocenters. The first kappa shape index (κ1) is 15.3.